The highest BCUT2D eigenvalue weighted by atomic mass is 32.1. The maximum Gasteiger partial charge on any atom is 0.251 e. The van der Waals surface area contributed by atoms with Crippen molar-refractivity contribution in [2.75, 3.05) is 6.54 Å². The number of nitrogens with one attached hydrogen (secondary N) is 1. The van der Waals surface area contributed by atoms with E-state index in [9.17, 15) is 9.18 Å². The normalized spacial score (nSPS) is 16.8. The van der Waals surface area contributed by atoms with Gasteiger partial charge in [-0.25, -0.2) is 4.39 Å². The van der Waals surface area contributed by atoms with E-state index in [0.717, 1.165) is 12.8 Å². The van der Waals surface area contributed by atoms with Crippen LogP contribution in [0.4, 0.5) is 4.39 Å². The number of carbonyl (C=O) groups excluding carboxylic acids is 1. The number of hydrogen-bond donors (Lipinski definition) is 1. The highest BCUT2D eigenvalue weighted by Crippen LogP contribution is 2.42. The summed E-state index contributed by atoms with van der Waals surface area (Å²) in [7, 11) is 0. The Morgan fingerprint density at radius 2 is 2.05 bits per heavy atom. The summed E-state index contributed by atoms with van der Waals surface area (Å²) in [6.07, 6.45) is 4.62. The van der Waals surface area contributed by atoms with Gasteiger partial charge in [0, 0.05) is 22.4 Å². The van der Waals surface area contributed by atoms with Gasteiger partial charge >= 0.3 is 0 Å². The highest BCUT2D eigenvalue weighted by molar-refractivity contribution is 7.10. The van der Waals surface area contributed by atoms with Crippen molar-refractivity contribution in [3.05, 3.63) is 58.0 Å². The van der Waals surface area contributed by atoms with Gasteiger partial charge in [0.2, 0.25) is 0 Å². The molecule has 1 aromatic carbocycles. The van der Waals surface area contributed by atoms with Gasteiger partial charge < -0.3 is 5.32 Å². The molecule has 1 fully saturated rings. The Hall–Kier alpha value is -1.68. The molecule has 3 rings (SSSR count). The van der Waals surface area contributed by atoms with Crippen molar-refractivity contribution in [1.82, 2.24) is 5.32 Å². The summed E-state index contributed by atoms with van der Waals surface area (Å²) in [6, 6.07) is 10.1. The molecule has 0 atom stereocenters. The second-order valence-electron chi connectivity index (χ2n) is 5.66. The second kappa shape index (κ2) is 5.98. The number of benzene rings is 1. The van der Waals surface area contributed by atoms with Crippen molar-refractivity contribution in [2.45, 2.75) is 31.1 Å². The average molecular weight is 303 g/mol. The zero-order valence-electron chi connectivity index (χ0n) is 11.8. The fraction of sp³-hybridized carbons (Fsp3) is 0.353. The predicted molar refractivity (Wildman–Crippen MR) is 83.2 cm³/mol. The van der Waals surface area contributed by atoms with Crippen LogP contribution < -0.4 is 5.32 Å². The maximum absolute atomic E-state index is 13.2. The van der Waals surface area contributed by atoms with Crippen LogP contribution in [-0.4, -0.2) is 12.5 Å². The van der Waals surface area contributed by atoms with Crippen LogP contribution in [0.5, 0.6) is 0 Å². The van der Waals surface area contributed by atoms with Crippen LogP contribution in [0.2, 0.25) is 0 Å². The Balaban J connectivity index is 1.72. The molecule has 1 aromatic heterocycles. The van der Waals surface area contributed by atoms with Crippen LogP contribution in [0.1, 0.15) is 40.9 Å². The smallest absolute Gasteiger partial charge is 0.251 e. The molecule has 1 amide bonds. The summed E-state index contributed by atoms with van der Waals surface area (Å²) in [5.41, 5.74) is 0.450. The molecule has 1 N–H and O–H groups in total. The summed E-state index contributed by atoms with van der Waals surface area (Å²) >= 11 is 1.76. The van der Waals surface area contributed by atoms with Gasteiger partial charge in [-0.3, -0.25) is 4.79 Å². The van der Waals surface area contributed by atoms with Crippen LogP contribution in [0.3, 0.4) is 0 Å². The Morgan fingerprint density at radius 3 is 2.71 bits per heavy atom. The van der Waals surface area contributed by atoms with Gasteiger partial charge in [0.15, 0.2) is 0 Å². The van der Waals surface area contributed by atoms with Gasteiger partial charge in [-0.05, 0) is 42.5 Å². The van der Waals surface area contributed by atoms with Crippen molar-refractivity contribution >= 4 is 17.2 Å². The standard InChI is InChI=1S/C17H18FNOS/c18-14-6-3-5-13(11-14)16(20)19-12-17(8-1-2-9-17)15-7-4-10-21-15/h3-7,10-11H,1-2,8-9,12H2,(H,19,20). The van der Waals surface area contributed by atoms with E-state index in [1.165, 1.54) is 29.9 Å². The SMILES string of the molecule is O=C(NCC1(c2cccs2)CCCC1)c1cccc(F)c1. The number of carbonyl (C=O) groups is 1. The number of amides is 1. The Morgan fingerprint density at radius 1 is 1.24 bits per heavy atom. The largest absolute Gasteiger partial charge is 0.351 e. The number of halogens is 1. The first-order chi connectivity index (χ1) is 10.2. The highest BCUT2D eigenvalue weighted by Gasteiger charge is 2.36. The Labute approximate surface area is 128 Å². The molecule has 1 heterocycles. The summed E-state index contributed by atoms with van der Waals surface area (Å²) in [5.74, 6) is -0.575. The lowest BCUT2D eigenvalue weighted by atomic mass is 9.84. The summed E-state index contributed by atoms with van der Waals surface area (Å²) in [6.45, 7) is 0.628. The minimum Gasteiger partial charge on any atom is -0.351 e. The van der Waals surface area contributed by atoms with Crippen LogP contribution in [-0.2, 0) is 5.41 Å². The Bertz CT molecular complexity index is 617. The van der Waals surface area contributed by atoms with E-state index in [1.54, 1.807) is 23.5 Å². The minimum absolute atomic E-state index is 0.0666. The van der Waals surface area contributed by atoms with Crippen LogP contribution in [0, 0.1) is 5.82 Å². The summed E-state index contributed by atoms with van der Waals surface area (Å²) in [4.78, 5) is 13.5. The van der Waals surface area contributed by atoms with Crippen molar-refractivity contribution < 1.29 is 9.18 Å². The zero-order chi connectivity index (χ0) is 14.7. The molecule has 1 aliphatic carbocycles. The van der Waals surface area contributed by atoms with Crippen molar-refractivity contribution in [1.29, 1.82) is 0 Å². The van der Waals surface area contributed by atoms with Gasteiger partial charge in [0.25, 0.3) is 5.91 Å². The van der Waals surface area contributed by atoms with Gasteiger partial charge in [-0.1, -0.05) is 25.0 Å². The molecule has 2 aromatic rings. The van der Waals surface area contributed by atoms with Crippen LogP contribution in [0.15, 0.2) is 41.8 Å². The fourth-order valence-electron chi connectivity index (χ4n) is 3.12. The summed E-state index contributed by atoms with van der Waals surface area (Å²) < 4.78 is 13.2. The predicted octanol–water partition coefficient (Wildman–Crippen LogP) is 4.13. The van der Waals surface area contributed by atoms with Crippen molar-refractivity contribution in [3.8, 4) is 0 Å². The number of hydrogen-bond acceptors (Lipinski definition) is 2. The lowest BCUT2D eigenvalue weighted by Crippen LogP contribution is -2.38. The number of rotatable bonds is 4. The lowest BCUT2D eigenvalue weighted by Gasteiger charge is -2.28. The van der Waals surface area contributed by atoms with Gasteiger partial charge in [0.05, 0.1) is 0 Å². The third kappa shape index (κ3) is 3.00. The third-order valence-electron chi connectivity index (χ3n) is 4.28. The van der Waals surface area contributed by atoms with E-state index >= 15 is 0 Å². The van der Waals surface area contributed by atoms with E-state index in [0.29, 0.717) is 12.1 Å². The van der Waals surface area contributed by atoms with E-state index in [4.69, 9.17) is 0 Å². The van der Waals surface area contributed by atoms with E-state index in [1.807, 2.05) is 0 Å². The molecule has 1 aliphatic rings. The molecule has 0 saturated heterocycles. The maximum atomic E-state index is 13.2. The van der Waals surface area contributed by atoms with Gasteiger partial charge in [0.1, 0.15) is 5.82 Å². The van der Waals surface area contributed by atoms with Crippen LogP contribution >= 0.6 is 11.3 Å². The molecule has 0 radical (unpaired) electrons. The third-order valence-corrected chi connectivity index (χ3v) is 5.39. The lowest BCUT2D eigenvalue weighted by molar-refractivity contribution is 0.0943. The van der Waals surface area contributed by atoms with Gasteiger partial charge in [-0.2, -0.15) is 0 Å². The first-order valence-electron chi connectivity index (χ1n) is 7.27. The molecule has 0 spiro atoms. The number of thiophene rings is 1. The van der Waals surface area contributed by atoms with Crippen molar-refractivity contribution in [3.63, 3.8) is 0 Å². The first-order valence-corrected chi connectivity index (χ1v) is 8.15. The summed E-state index contributed by atoms with van der Waals surface area (Å²) in [5, 5.41) is 5.09. The van der Waals surface area contributed by atoms with E-state index < -0.39 is 0 Å². The average Bonchev–Trinajstić information content (AvgIpc) is 3.16. The quantitative estimate of drug-likeness (QED) is 0.904. The van der Waals surface area contributed by atoms with Crippen molar-refractivity contribution in [2.24, 2.45) is 0 Å². The molecular weight excluding hydrogens is 285 g/mol. The molecule has 110 valence electrons. The molecule has 0 aliphatic heterocycles. The van der Waals surface area contributed by atoms with E-state index in [-0.39, 0.29) is 17.1 Å². The topological polar surface area (TPSA) is 29.1 Å². The molecule has 4 heteroatoms. The van der Waals surface area contributed by atoms with Crippen LogP contribution in [0.25, 0.3) is 0 Å². The zero-order valence-corrected chi connectivity index (χ0v) is 12.6. The van der Waals surface area contributed by atoms with Gasteiger partial charge in [-0.15, -0.1) is 11.3 Å². The minimum atomic E-state index is -0.378. The molecule has 0 bridgehead atoms. The molecule has 0 unspecified atom stereocenters. The molecule has 21 heavy (non-hydrogen) atoms. The first kappa shape index (κ1) is 14.3. The Kier molecular flexibility index (Phi) is 4.06. The molecule has 2 nitrogen and oxygen atoms in total. The second-order valence-corrected chi connectivity index (χ2v) is 6.61. The fourth-order valence-corrected chi connectivity index (χ4v) is 4.11. The monoisotopic (exact) mass is 303 g/mol. The van der Waals surface area contributed by atoms with E-state index in [2.05, 4.69) is 22.8 Å². The molecular formula is C17H18FNOS. The molecule has 1 saturated carbocycles.